The van der Waals surface area contributed by atoms with Crippen LogP contribution in [0, 0.1) is 19.3 Å². The second-order valence-corrected chi connectivity index (χ2v) is 6.14. The molecule has 0 aromatic carbocycles. The van der Waals surface area contributed by atoms with Crippen molar-refractivity contribution in [3.05, 3.63) is 17.0 Å². The van der Waals surface area contributed by atoms with Crippen LogP contribution < -0.4 is 10.6 Å². The quantitative estimate of drug-likeness (QED) is 0.861. The van der Waals surface area contributed by atoms with E-state index >= 15 is 0 Å². The molecule has 2 heterocycles. The number of aromatic nitrogens is 1. The lowest BCUT2D eigenvalue weighted by Crippen LogP contribution is -2.42. The number of amides is 1. The summed E-state index contributed by atoms with van der Waals surface area (Å²) < 4.78 is 5.11. The molecule has 2 N–H and O–H groups in total. The first-order chi connectivity index (χ1) is 9.50. The third-order valence-electron chi connectivity index (χ3n) is 4.31. The molecule has 0 atom stereocenters. The molecular weight excluding hydrogens is 254 g/mol. The van der Waals surface area contributed by atoms with E-state index in [2.05, 4.69) is 22.7 Å². The standard InChI is InChI=1S/C15H25N3O2/c1-11-13(12(2)20-18-11)4-5-14(19)17-10-15(3)6-8-16-9-7-15/h16H,4-10H2,1-3H3,(H,17,19). The number of hydrogen-bond acceptors (Lipinski definition) is 4. The lowest BCUT2D eigenvalue weighted by molar-refractivity contribution is -0.121. The molecule has 5 heteroatoms. The largest absolute Gasteiger partial charge is 0.361 e. The second-order valence-electron chi connectivity index (χ2n) is 6.14. The number of piperidine rings is 1. The molecule has 1 saturated heterocycles. The van der Waals surface area contributed by atoms with Crippen LogP contribution in [0.1, 0.15) is 43.2 Å². The smallest absolute Gasteiger partial charge is 0.220 e. The van der Waals surface area contributed by atoms with Gasteiger partial charge in [0.1, 0.15) is 5.76 Å². The highest BCUT2D eigenvalue weighted by atomic mass is 16.5. The normalized spacial score (nSPS) is 17.9. The van der Waals surface area contributed by atoms with Crippen LogP contribution >= 0.6 is 0 Å². The molecule has 0 bridgehead atoms. The molecule has 112 valence electrons. The van der Waals surface area contributed by atoms with E-state index in [0.29, 0.717) is 12.8 Å². The van der Waals surface area contributed by atoms with Gasteiger partial charge in [0.05, 0.1) is 5.69 Å². The molecule has 2 rings (SSSR count). The van der Waals surface area contributed by atoms with Gasteiger partial charge >= 0.3 is 0 Å². The number of nitrogens with one attached hydrogen (secondary N) is 2. The summed E-state index contributed by atoms with van der Waals surface area (Å²) in [4.78, 5) is 12.0. The van der Waals surface area contributed by atoms with E-state index in [1.165, 1.54) is 0 Å². The van der Waals surface area contributed by atoms with Crippen LogP contribution in [0.2, 0.25) is 0 Å². The van der Waals surface area contributed by atoms with Gasteiger partial charge in [0.2, 0.25) is 5.91 Å². The highest BCUT2D eigenvalue weighted by Crippen LogP contribution is 2.26. The number of nitrogens with zero attached hydrogens (tertiary/aromatic N) is 1. The van der Waals surface area contributed by atoms with Gasteiger partial charge in [-0.15, -0.1) is 0 Å². The maximum absolute atomic E-state index is 12.0. The summed E-state index contributed by atoms with van der Waals surface area (Å²) in [5, 5.41) is 10.3. The van der Waals surface area contributed by atoms with E-state index < -0.39 is 0 Å². The topological polar surface area (TPSA) is 67.2 Å². The van der Waals surface area contributed by atoms with E-state index in [1.807, 2.05) is 13.8 Å². The highest BCUT2D eigenvalue weighted by molar-refractivity contribution is 5.76. The Kier molecular flexibility index (Phi) is 4.81. The molecule has 5 nitrogen and oxygen atoms in total. The van der Waals surface area contributed by atoms with E-state index in [0.717, 1.165) is 49.5 Å². The molecule has 0 unspecified atom stereocenters. The van der Waals surface area contributed by atoms with Crippen molar-refractivity contribution >= 4 is 5.91 Å². The van der Waals surface area contributed by atoms with Crippen molar-refractivity contribution in [3.8, 4) is 0 Å². The Bertz CT molecular complexity index is 442. The van der Waals surface area contributed by atoms with Crippen molar-refractivity contribution in [2.75, 3.05) is 19.6 Å². The minimum atomic E-state index is 0.116. The van der Waals surface area contributed by atoms with Crippen molar-refractivity contribution < 1.29 is 9.32 Å². The van der Waals surface area contributed by atoms with Crippen LogP contribution in [0.5, 0.6) is 0 Å². The van der Waals surface area contributed by atoms with Crippen LogP contribution in [0.15, 0.2) is 4.52 Å². The summed E-state index contributed by atoms with van der Waals surface area (Å²) in [6.07, 6.45) is 3.44. The Labute approximate surface area is 120 Å². The van der Waals surface area contributed by atoms with Gasteiger partial charge in [-0.2, -0.15) is 0 Å². The van der Waals surface area contributed by atoms with Crippen LogP contribution in [0.3, 0.4) is 0 Å². The molecule has 1 aliphatic heterocycles. The summed E-state index contributed by atoms with van der Waals surface area (Å²) in [6, 6.07) is 0. The first kappa shape index (κ1) is 15.0. The maximum Gasteiger partial charge on any atom is 0.220 e. The zero-order valence-electron chi connectivity index (χ0n) is 12.7. The van der Waals surface area contributed by atoms with Crippen LogP contribution in [0.25, 0.3) is 0 Å². The van der Waals surface area contributed by atoms with Crippen molar-refractivity contribution in [3.63, 3.8) is 0 Å². The highest BCUT2D eigenvalue weighted by Gasteiger charge is 2.26. The number of rotatable bonds is 5. The number of carbonyl (C=O) groups excluding carboxylic acids is 1. The van der Waals surface area contributed by atoms with Crippen LogP contribution in [-0.4, -0.2) is 30.7 Å². The molecule has 0 radical (unpaired) electrons. The van der Waals surface area contributed by atoms with Gasteiger partial charge in [0, 0.05) is 18.5 Å². The van der Waals surface area contributed by atoms with Crippen LogP contribution in [-0.2, 0) is 11.2 Å². The fourth-order valence-corrected chi connectivity index (χ4v) is 2.70. The van der Waals surface area contributed by atoms with Gasteiger partial charge in [0.15, 0.2) is 0 Å². The van der Waals surface area contributed by atoms with Crippen molar-refractivity contribution in [1.82, 2.24) is 15.8 Å². The Morgan fingerprint density at radius 3 is 2.70 bits per heavy atom. The van der Waals surface area contributed by atoms with Crippen molar-refractivity contribution in [2.24, 2.45) is 5.41 Å². The Morgan fingerprint density at radius 1 is 1.40 bits per heavy atom. The molecule has 1 fully saturated rings. The fourth-order valence-electron chi connectivity index (χ4n) is 2.70. The van der Waals surface area contributed by atoms with Crippen molar-refractivity contribution in [2.45, 2.75) is 46.5 Å². The van der Waals surface area contributed by atoms with E-state index in [4.69, 9.17) is 4.52 Å². The van der Waals surface area contributed by atoms with Gasteiger partial charge in [-0.05, 0) is 51.6 Å². The van der Waals surface area contributed by atoms with Gasteiger partial charge < -0.3 is 15.2 Å². The molecule has 1 aliphatic rings. The second kappa shape index (κ2) is 6.39. The zero-order chi connectivity index (χ0) is 14.6. The van der Waals surface area contributed by atoms with Gasteiger partial charge in [-0.25, -0.2) is 0 Å². The minimum Gasteiger partial charge on any atom is -0.361 e. The first-order valence-corrected chi connectivity index (χ1v) is 7.39. The molecule has 1 aromatic rings. The summed E-state index contributed by atoms with van der Waals surface area (Å²) in [7, 11) is 0. The monoisotopic (exact) mass is 279 g/mol. The molecule has 1 amide bonds. The minimum absolute atomic E-state index is 0.116. The first-order valence-electron chi connectivity index (χ1n) is 7.39. The molecule has 20 heavy (non-hydrogen) atoms. The van der Waals surface area contributed by atoms with Gasteiger partial charge in [-0.1, -0.05) is 12.1 Å². The fraction of sp³-hybridized carbons (Fsp3) is 0.733. The van der Waals surface area contributed by atoms with Gasteiger partial charge in [0.25, 0.3) is 0 Å². The summed E-state index contributed by atoms with van der Waals surface area (Å²) in [5.74, 6) is 0.936. The van der Waals surface area contributed by atoms with Crippen molar-refractivity contribution in [1.29, 1.82) is 0 Å². The Balaban J connectivity index is 1.75. The number of aryl methyl sites for hydroxylation is 2. The lowest BCUT2D eigenvalue weighted by atomic mass is 9.81. The molecule has 0 spiro atoms. The average molecular weight is 279 g/mol. The molecule has 1 aromatic heterocycles. The Hall–Kier alpha value is -1.36. The third-order valence-corrected chi connectivity index (χ3v) is 4.31. The zero-order valence-corrected chi connectivity index (χ0v) is 12.7. The summed E-state index contributed by atoms with van der Waals surface area (Å²) >= 11 is 0. The molecular formula is C15H25N3O2. The third kappa shape index (κ3) is 3.82. The predicted molar refractivity (Wildman–Crippen MR) is 77.5 cm³/mol. The van der Waals surface area contributed by atoms with E-state index in [-0.39, 0.29) is 11.3 Å². The number of hydrogen-bond donors (Lipinski definition) is 2. The average Bonchev–Trinajstić information content (AvgIpc) is 2.74. The van der Waals surface area contributed by atoms with Gasteiger partial charge in [-0.3, -0.25) is 4.79 Å². The molecule has 0 aliphatic carbocycles. The Morgan fingerprint density at radius 2 is 2.10 bits per heavy atom. The predicted octanol–water partition coefficient (Wildman–Crippen LogP) is 1.73. The summed E-state index contributed by atoms with van der Waals surface area (Å²) in [5.41, 5.74) is 2.19. The molecule has 0 saturated carbocycles. The summed E-state index contributed by atoms with van der Waals surface area (Å²) in [6.45, 7) is 8.93. The number of carbonyl (C=O) groups is 1. The lowest BCUT2D eigenvalue weighted by Gasteiger charge is -2.34. The van der Waals surface area contributed by atoms with Crippen LogP contribution in [0.4, 0.5) is 0 Å². The van der Waals surface area contributed by atoms with E-state index in [1.54, 1.807) is 0 Å². The van der Waals surface area contributed by atoms with E-state index in [9.17, 15) is 4.79 Å². The SMILES string of the molecule is Cc1noc(C)c1CCC(=O)NCC1(C)CCNCC1. The maximum atomic E-state index is 12.0.